The average Bonchev–Trinajstić information content (AvgIpc) is 3.35. The molecule has 4 heterocycles. The van der Waals surface area contributed by atoms with Gasteiger partial charge in [-0.05, 0) is 68.1 Å². The van der Waals surface area contributed by atoms with Crippen molar-refractivity contribution in [2.24, 2.45) is 11.8 Å². The van der Waals surface area contributed by atoms with Crippen LogP contribution in [-0.4, -0.2) is 101 Å². The van der Waals surface area contributed by atoms with E-state index in [4.69, 9.17) is 5.10 Å². The first-order valence-corrected chi connectivity index (χ1v) is 15.3. The maximum Gasteiger partial charge on any atom is 0.317 e. The van der Waals surface area contributed by atoms with Gasteiger partial charge in [0.25, 0.3) is 5.91 Å². The van der Waals surface area contributed by atoms with E-state index in [1.54, 1.807) is 0 Å². The van der Waals surface area contributed by atoms with Crippen LogP contribution in [0, 0.1) is 25.7 Å². The largest absolute Gasteiger partial charge is 0.368 e. The number of carbonyl (C=O) groups excluding carboxylic acids is 3. The second-order valence-electron chi connectivity index (χ2n) is 12.7. The van der Waals surface area contributed by atoms with Crippen LogP contribution in [0.25, 0.3) is 0 Å². The predicted octanol–water partition coefficient (Wildman–Crippen LogP) is 2.38. The lowest BCUT2D eigenvalue weighted by Gasteiger charge is -2.37. The van der Waals surface area contributed by atoms with Crippen molar-refractivity contribution in [2.75, 3.05) is 57.3 Å². The maximum atomic E-state index is 13.8. The molecule has 7 rings (SSSR count). The Morgan fingerprint density at radius 3 is 2.46 bits per heavy atom. The molecule has 1 aromatic carbocycles. The third-order valence-electron chi connectivity index (χ3n) is 10.5. The Balaban J connectivity index is 1.03. The number of amides is 4. The van der Waals surface area contributed by atoms with Gasteiger partial charge < -0.3 is 24.9 Å². The molecular weight excluding hydrogens is 518 g/mol. The number of likely N-dealkylation sites (tertiary alicyclic amines) is 1. The van der Waals surface area contributed by atoms with E-state index < -0.39 is 0 Å². The monoisotopic (exact) mass is 559 g/mol. The van der Waals surface area contributed by atoms with Crippen molar-refractivity contribution >= 4 is 23.5 Å². The first-order chi connectivity index (χ1) is 19.8. The molecular formula is C31H41N7O3. The van der Waals surface area contributed by atoms with E-state index in [1.807, 2.05) is 19.4 Å². The number of carbonyl (C=O) groups is 3. The minimum absolute atomic E-state index is 0.0106. The summed E-state index contributed by atoms with van der Waals surface area (Å²) < 4.78 is 1.85. The van der Waals surface area contributed by atoms with E-state index in [2.05, 4.69) is 49.2 Å². The summed E-state index contributed by atoms with van der Waals surface area (Å²) >= 11 is 0. The number of anilines is 1. The van der Waals surface area contributed by atoms with Crippen LogP contribution in [0.4, 0.5) is 10.5 Å². The third-order valence-corrected chi connectivity index (χ3v) is 10.5. The average molecular weight is 560 g/mol. The van der Waals surface area contributed by atoms with Gasteiger partial charge in [0, 0.05) is 75.3 Å². The van der Waals surface area contributed by atoms with Gasteiger partial charge in [0.05, 0.1) is 0 Å². The van der Waals surface area contributed by atoms with Crippen molar-refractivity contribution in [1.82, 2.24) is 29.8 Å². The number of nitrogens with one attached hydrogen (secondary N) is 1. The van der Waals surface area contributed by atoms with E-state index >= 15 is 0 Å². The molecule has 0 spiro atoms. The molecule has 10 nitrogen and oxygen atoms in total. The zero-order valence-electron chi connectivity index (χ0n) is 24.4. The Hall–Kier alpha value is -3.56. The van der Waals surface area contributed by atoms with Crippen LogP contribution in [0.3, 0.4) is 0 Å². The molecule has 1 saturated carbocycles. The molecule has 4 fully saturated rings. The highest BCUT2D eigenvalue weighted by atomic mass is 16.2. The maximum absolute atomic E-state index is 13.8. The molecule has 10 heteroatoms. The molecule has 3 aliphatic heterocycles. The number of piperazine rings is 1. The molecule has 3 saturated heterocycles. The van der Waals surface area contributed by atoms with Crippen molar-refractivity contribution in [3.8, 4) is 0 Å². The number of aromatic nitrogens is 2. The first kappa shape index (κ1) is 26.3. The fraction of sp³-hybridized carbons (Fsp3) is 0.613. The summed E-state index contributed by atoms with van der Waals surface area (Å²) in [7, 11) is 0. The molecule has 1 N–H and O–H groups in total. The normalized spacial score (nSPS) is 25.8. The zero-order valence-corrected chi connectivity index (χ0v) is 24.4. The van der Waals surface area contributed by atoms with Crippen LogP contribution in [-0.2, 0) is 17.8 Å². The summed E-state index contributed by atoms with van der Waals surface area (Å²) in [6.07, 6.45) is 2.48. The second-order valence-corrected chi connectivity index (χ2v) is 12.7. The highest BCUT2D eigenvalue weighted by Crippen LogP contribution is 2.62. The summed E-state index contributed by atoms with van der Waals surface area (Å²) in [5.74, 6) is 1.59. The molecule has 3 unspecified atom stereocenters. The topological polar surface area (TPSA) is 94.0 Å². The summed E-state index contributed by atoms with van der Waals surface area (Å²) in [6.45, 7) is 12.5. The van der Waals surface area contributed by atoms with E-state index in [0.29, 0.717) is 56.2 Å². The Bertz CT molecular complexity index is 1390. The van der Waals surface area contributed by atoms with Gasteiger partial charge in [-0.15, -0.1) is 0 Å². The molecule has 2 aromatic rings. The first-order valence-electron chi connectivity index (χ1n) is 15.3. The van der Waals surface area contributed by atoms with Crippen molar-refractivity contribution in [2.45, 2.75) is 58.5 Å². The van der Waals surface area contributed by atoms with Crippen molar-refractivity contribution in [1.29, 1.82) is 0 Å². The van der Waals surface area contributed by atoms with Gasteiger partial charge >= 0.3 is 6.03 Å². The summed E-state index contributed by atoms with van der Waals surface area (Å²) in [4.78, 5) is 47.5. The second kappa shape index (κ2) is 10.1. The van der Waals surface area contributed by atoms with Gasteiger partial charge in [-0.25, -0.2) is 4.79 Å². The lowest BCUT2D eigenvalue weighted by Crippen LogP contribution is -2.50. The van der Waals surface area contributed by atoms with Crippen molar-refractivity contribution in [3.63, 3.8) is 0 Å². The molecule has 0 radical (unpaired) electrons. The van der Waals surface area contributed by atoms with Crippen LogP contribution < -0.4 is 10.2 Å². The Kier molecular flexibility index (Phi) is 6.47. The summed E-state index contributed by atoms with van der Waals surface area (Å²) in [5.41, 5.74) is 6.59. The smallest absolute Gasteiger partial charge is 0.317 e. The summed E-state index contributed by atoms with van der Waals surface area (Å²) in [6, 6.07) is 6.61. The molecule has 2 aliphatic carbocycles. The Labute approximate surface area is 241 Å². The molecule has 1 aromatic heterocycles. The Morgan fingerprint density at radius 1 is 1.00 bits per heavy atom. The molecule has 4 amide bonds. The molecule has 218 valence electrons. The van der Waals surface area contributed by atoms with Crippen LogP contribution in [0.2, 0.25) is 0 Å². The lowest BCUT2D eigenvalue weighted by atomic mass is 10.0. The number of hydrogen-bond acceptors (Lipinski definition) is 5. The van der Waals surface area contributed by atoms with Gasteiger partial charge in [-0.2, -0.15) is 5.10 Å². The number of urea groups is 1. The summed E-state index contributed by atoms with van der Waals surface area (Å²) in [5, 5.41) is 7.72. The van der Waals surface area contributed by atoms with E-state index in [-0.39, 0.29) is 30.4 Å². The minimum atomic E-state index is -0.0151. The van der Waals surface area contributed by atoms with Crippen LogP contribution in [0.5, 0.6) is 0 Å². The van der Waals surface area contributed by atoms with E-state index in [9.17, 15) is 14.4 Å². The van der Waals surface area contributed by atoms with Crippen molar-refractivity contribution in [3.05, 3.63) is 46.3 Å². The predicted molar refractivity (Wildman–Crippen MR) is 155 cm³/mol. The number of rotatable bonds is 5. The van der Waals surface area contributed by atoms with Gasteiger partial charge in [-0.3, -0.25) is 14.3 Å². The van der Waals surface area contributed by atoms with Gasteiger partial charge in [0.2, 0.25) is 5.91 Å². The lowest BCUT2D eigenvalue weighted by molar-refractivity contribution is -0.132. The number of piperidine rings is 1. The fourth-order valence-electron chi connectivity index (χ4n) is 7.79. The van der Waals surface area contributed by atoms with Gasteiger partial charge in [-0.1, -0.05) is 19.1 Å². The van der Waals surface area contributed by atoms with E-state index in [1.165, 1.54) is 16.8 Å². The van der Waals surface area contributed by atoms with Crippen LogP contribution in [0.15, 0.2) is 18.2 Å². The van der Waals surface area contributed by atoms with Crippen LogP contribution >= 0.6 is 0 Å². The fourth-order valence-corrected chi connectivity index (χ4v) is 7.79. The number of fused-ring (bicyclic) bond motifs is 3. The van der Waals surface area contributed by atoms with E-state index in [0.717, 1.165) is 50.2 Å². The van der Waals surface area contributed by atoms with Crippen molar-refractivity contribution < 1.29 is 14.4 Å². The van der Waals surface area contributed by atoms with Gasteiger partial charge in [0.1, 0.15) is 6.54 Å². The number of aryl methyl sites for hydroxylation is 1. The number of hydrogen-bond donors (Lipinski definition) is 1. The third kappa shape index (κ3) is 4.46. The molecule has 5 aliphatic rings. The quantitative estimate of drug-likeness (QED) is 0.607. The van der Waals surface area contributed by atoms with Crippen LogP contribution in [0.1, 0.15) is 58.6 Å². The molecule has 3 atom stereocenters. The number of benzene rings is 1. The zero-order chi connectivity index (χ0) is 28.4. The van der Waals surface area contributed by atoms with Gasteiger partial charge in [0.15, 0.2) is 5.69 Å². The molecule has 0 bridgehead atoms. The highest BCUT2D eigenvalue weighted by Gasteiger charge is 2.56. The SMILES string of the molecule is Cc1cccc(N2CCN(C(=O)Cn3nc(C(=O)N4CCC(N5CCNC5=O)CC4)c4c3CC3C(C)C43)CC2)c1C. The molecule has 41 heavy (non-hydrogen) atoms. The standard InChI is InChI=1S/C31H41N7O3/c1-19-5-4-6-24(20(19)2)34-13-15-35(16-14-34)26(39)18-38-25-17-23-21(3)27(23)28(25)29(33-38)30(40)36-10-7-22(8-11-36)37-12-9-32-31(37)41/h4-6,21-23,27H,7-18H2,1-3H3,(H,32,41). The Morgan fingerprint density at radius 2 is 1.76 bits per heavy atom. The highest BCUT2D eigenvalue weighted by molar-refractivity contribution is 5.95. The number of nitrogens with zero attached hydrogens (tertiary/aromatic N) is 6. The minimum Gasteiger partial charge on any atom is -0.368 e.